The highest BCUT2D eigenvalue weighted by molar-refractivity contribution is 8.00. The molecule has 1 aliphatic rings. The zero-order valence-electron chi connectivity index (χ0n) is 16.6. The molecule has 2 atom stereocenters. The summed E-state index contributed by atoms with van der Waals surface area (Å²) >= 11 is 1.63. The molecule has 0 bridgehead atoms. The lowest BCUT2D eigenvalue weighted by Crippen LogP contribution is -2.47. The highest BCUT2D eigenvalue weighted by Gasteiger charge is 2.44. The molecule has 0 saturated carbocycles. The van der Waals surface area contributed by atoms with Crippen LogP contribution in [-0.4, -0.2) is 23.9 Å². The number of carbonyl (C=O) groups excluding carboxylic acids is 1. The Morgan fingerprint density at radius 1 is 0.867 bits per heavy atom. The van der Waals surface area contributed by atoms with Gasteiger partial charge in [-0.25, -0.2) is 12.7 Å². The van der Waals surface area contributed by atoms with E-state index in [1.807, 2.05) is 67.6 Å². The van der Waals surface area contributed by atoms with Crippen molar-refractivity contribution in [3.8, 4) is 0 Å². The topological polar surface area (TPSA) is 54.5 Å². The summed E-state index contributed by atoms with van der Waals surface area (Å²) in [5, 5.41) is -0.0762. The minimum Gasteiger partial charge on any atom is -0.274 e. The Bertz CT molecular complexity index is 1110. The molecular formula is C24H23NO3S2. The number of aryl methyl sites for hydroxylation is 1. The number of carbonyl (C=O) groups is 1. The molecule has 0 radical (unpaired) electrons. The number of rotatable bonds is 5. The first-order valence-corrected chi connectivity index (χ1v) is 12.2. The third-order valence-corrected chi connectivity index (χ3v) is 8.40. The van der Waals surface area contributed by atoms with Crippen LogP contribution < -0.4 is 0 Å². The number of hydrogen-bond acceptors (Lipinski definition) is 4. The van der Waals surface area contributed by atoms with Crippen molar-refractivity contribution in [3.63, 3.8) is 0 Å². The molecule has 6 heteroatoms. The molecule has 3 aromatic carbocycles. The molecule has 4 nitrogen and oxygen atoms in total. The molecule has 1 aliphatic heterocycles. The van der Waals surface area contributed by atoms with Crippen molar-refractivity contribution in [2.45, 2.75) is 40.8 Å². The van der Waals surface area contributed by atoms with Crippen molar-refractivity contribution in [3.05, 3.63) is 96.1 Å². The van der Waals surface area contributed by atoms with E-state index in [1.54, 1.807) is 36.0 Å². The highest BCUT2D eigenvalue weighted by Crippen LogP contribution is 2.44. The van der Waals surface area contributed by atoms with Crippen molar-refractivity contribution < 1.29 is 13.2 Å². The van der Waals surface area contributed by atoms with Crippen molar-refractivity contribution >= 4 is 27.7 Å². The minimum absolute atomic E-state index is 0.0762. The molecule has 1 heterocycles. The van der Waals surface area contributed by atoms with E-state index in [-0.39, 0.29) is 22.5 Å². The predicted molar refractivity (Wildman–Crippen MR) is 120 cm³/mol. The van der Waals surface area contributed by atoms with Crippen LogP contribution in [-0.2, 0) is 14.8 Å². The van der Waals surface area contributed by atoms with Crippen LogP contribution in [0.5, 0.6) is 0 Å². The lowest BCUT2D eigenvalue weighted by atomic mass is 9.96. The number of benzene rings is 3. The third kappa shape index (κ3) is 4.16. The average Bonchev–Trinajstić information content (AvgIpc) is 2.76. The quantitative estimate of drug-likeness (QED) is 0.550. The molecule has 30 heavy (non-hydrogen) atoms. The van der Waals surface area contributed by atoms with Crippen LogP contribution in [0, 0.1) is 6.92 Å². The Hall–Kier alpha value is -2.57. The molecule has 0 spiro atoms. The first kappa shape index (κ1) is 20.7. The summed E-state index contributed by atoms with van der Waals surface area (Å²) in [4.78, 5) is 14.2. The first-order valence-electron chi connectivity index (χ1n) is 9.87. The Morgan fingerprint density at radius 2 is 1.47 bits per heavy atom. The number of thioether (sulfide) groups is 1. The zero-order chi connectivity index (χ0) is 21.1. The van der Waals surface area contributed by atoms with Gasteiger partial charge in [-0.2, -0.15) is 0 Å². The van der Waals surface area contributed by atoms with Crippen LogP contribution in [0.1, 0.15) is 30.0 Å². The van der Waals surface area contributed by atoms with E-state index in [0.29, 0.717) is 6.42 Å². The van der Waals surface area contributed by atoms with Crippen molar-refractivity contribution in [1.29, 1.82) is 0 Å². The van der Waals surface area contributed by atoms with Crippen LogP contribution >= 0.6 is 11.8 Å². The molecule has 0 N–H and O–H groups in total. The largest absolute Gasteiger partial charge is 0.274 e. The van der Waals surface area contributed by atoms with Gasteiger partial charge < -0.3 is 0 Å². The lowest BCUT2D eigenvalue weighted by Gasteiger charge is -2.40. The summed E-state index contributed by atoms with van der Waals surface area (Å²) in [5.74, 6) is -0.352. The standard InChI is InChI=1S/C24H23NO3S2/c1-18-12-14-21(15-13-18)30(27,28)25-23(26)17-16-22(29-20-10-6-3-7-11-20)24(25)19-8-4-2-5-9-19/h2-15,22,24H,16-17H2,1H3/t22-,24+/m0/s1. The van der Waals surface area contributed by atoms with Crippen LogP contribution in [0.15, 0.2) is 94.7 Å². The zero-order valence-corrected chi connectivity index (χ0v) is 18.3. The maximum absolute atomic E-state index is 13.6. The maximum Gasteiger partial charge on any atom is 0.267 e. The van der Waals surface area contributed by atoms with Gasteiger partial charge in [0.15, 0.2) is 0 Å². The van der Waals surface area contributed by atoms with Gasteiger partial charge in [0.25, 0.3) is 10.0 Å². The maximum atomic E-state index is 13.6. The molecular weight excluding hydrogens is 414 g/mol. The van der Waals surface area contributed by atoms with Gasteiger partial charge in [-0.05, 0) is 43.2 Å². The van der Waals surface area contributed by atoms with E-state index in [4.69, 9.17) is 0 Å². The van der Waals surface area contributed by atoms with Crippen LogP contribution in [0.25, 0.3) is 0 Å². The van der Waals surface area contributed by atoms with Gasteiger partial charge in [-0.15, -0.1) is 11.8 Å². The van der Waals surface area contributed by atoms with Gasteiger partial charge in [-0.1, -0.05) is 66.2 Å². The fraction of sp³-hybridized carbons (Fsp3) is 0.208. The van der Waals surface area contributed by atoms with Crippen molar-refractivity contribution in [2.75, 3.05) is 0 Å². The minimum atomic E-state index is -3.98. The van der Waals surface area contributed by atoms with E-state index < -0.39 is 16.1 Å². The second kappa shape index (κ2) is 8.66. The van der Waals surface area contributed by atoms with Gasteiger partial charge in [0, 0.05) is 16.6 Å². The third-order valence-electron chi connectivity index (χ3n) is 5.24. The van der Waals surface area contributed by atoms with Crippen molar-refractivity contribution in [2.24, 2.45) is 0 Å². The van der Waals surface area contributed by atoms with E-state index in [2.05, 4.69) is 0 Å². The van der Waals surface area contributed by atoms with Crippen LogP contribution in [0.3, 0.4) is 0 Å². The Kier molecular flexibility index (Phi) is 5.97. The fourth-order valence-corrected chi connectivity index (χ4v) is 6.76. The summed E-state index contributed by atoms with van der Waals surface area (Å²) in [6, 6.07) is 25.5. The van der Waals surface area contributed by atoms with Gasteiger partial charge >= 0.3 is 0 Å². The van der Waals surface area contributed by atoms with Crippen LogP contribution in [0.4, 0.5) is 0 Å². The summed E-state index contributed by atoms with van der Waals surface area (Å²) in [6.45, 7) is 1.90. The lowest BCUT2D eigenvalue weighted by molar-refractivity contribution is -0.130. The first-order chi connectivity index (χ1) is 14.5. The van der Waals surface area contributed by atoms with E-state index in [9.17, 15) is 13.2 Å². The van der Waals surface area contributed by atoms with Gasteiger partial charge in [0.2, 0.25) is 5.91 Å². The molecule has 3 aromatic rings. The number of hydrogen-bond donors (Lipinski definition) is 0. The summed E-state index contributed by atoms with van der Waals surface area (Å²) in [5.41, 5.74) is 1.80. The molecule has 0 unspecified atom stereocenters. The highest BCUT2D eigenvalue weighted by atomic mass is 32.2. The van der Waals surface area contributed by atoms with E-state index in [1.165, 1.54) is 0 Å². The Labute approximate surface area is 182 Å². The molecule has 0 aromatic heterocycles. The molecule has 154 valence electrons. The molecule has 0 aliphatic carbocycles. The second-order valence-corrected chi connectivity index (χ2v) is 10.5. The Balaban J connectivity index is 1.79. The number of amides is 1. The second-order valence-electron chi connectivity index (χ2n) is 7.37. The van der Waals surface area contributed by atoms with Crippen LogP contribution in [0.2, 0.25) is 0 Å². The fourth-order valence-electron chi connectivity index (χ4n) is 3.74. The smallest absolute Gasteiger partial charge is 0.267 e. The number of nitrogens with zero attached hydrogens (tertiary/aromatic N) is 1. The summed E-state index contributed by atoms with van der Waals surface area (Å²) in [6.07, 6.45) is 0.830. The summed E-state index contributed by atoms with van der Waals surface area (Å²) < 4.78 is 28.3. The molecule has 1 amide bonds. The van der Waals surface area contributed by atoms with E-state index >= 15 is 0 Å². The van der Waals surface area contributed by atoms with Crippen molar-refractivity contribution in [1.82, 2.24) is 4.31 Å². The predicted octanol–water partition coefficient (Wildman–Crippen LogP) is 5.21. The monoisotopic (exact) mass is 437 g/mol. The van der Waals surface area contributed by atoms with Gasteiger partial charge in [0.05, 0.1) is 10.9 Å². The van der Waals surface area contributed by atoms with E-state index in [0.717, 1.165) is 20.3 Å². The number of piperidine rings is 1. The normalized spacial score (nSPS) is 19.6. The SMILES string of the molecule is Cc1ccc(S(=O)(=O)N2C(=O)CC[C@H](Sc3ccccc3)[C@H]2c2ccccc2)cc1. The molecule has 1 fully saturated rings. The Morgan fingerprint density at radius 3 is 2.10 bits per heavy atom. The molecule has 4 rings (SSSR count). The molecule has 1 saturated heterocycles. The average molecular weight is 438 g/mol. The van der Waals surface area contributed by atoms with Gasteiger partial charge in [-0.3, -0.25) is 4.79 Å². The summed E-state index contributed by atoms with van der Waals surface area (Å²) in [7, 11) is -3.98. The number of sulfonamides is 1. The van der Waals surface area contributed by atoms with Gasteiger partial charge in [0.1, 0.15) is 0 Å².